The van der Waals surface area contributed by atoms with Gasteiger partial charge in [0.25, 0.3) is 0 Å². The molecule has 0 aliphatic carbocycles. The van der Waals surface area contributed by atoms with Gasteiger partial charge in [-0.25, -0.2) is 0 Å². The van der Waals surface area contributed by atoms with Crippen molar-refractivity contribution in [2.75, 3.05) is 12.9 Å². The zero-order chi connectivity index (χ0) is 15.9. The molecule has 5 heteroatoms. The van der Waals surface area contributed by atoms with Crippen molar-refractivity contribution in [2.45, 2.75) is 17.9 Å². The first-order chi connectivity index (χ1) is 10.6. The van der Waals surface area contributed by atoms with Crippen molar-refractivity contribution < 1.29 is 9.53 Å². The highest BCUT2D eigenvalue weighted by molar-refractivity contribution is 8.00. The lowest BCUT2D eigenvalue weighted by atomic mass is 10.1. The van der Waals surface area contributed by atoms with E-state index in [1.165, 1.54) is 11.8 Å². The molecule has 0 spiro atoms. The molecule has 0 saturated heterocycles. The number of thioether (sulfide) groups is 1. The van der Waals surface area contributed by atoms with Crippen LogP contribution in [0, 0.1) is 0 Å². The van der Waals surface area contributed by atoms with Crippen LogP contribution in [0.15, 0.2) is 53.4 Å². The molecule has 0 fully saturated rings. The van der Waals surface area contributed by atoms with Gasteiger partial charge in [0.15, 0.2) is 0 Å². The quantitative estimate of drug-likeness (QED) is 0.799. The van der Waals surface area contributed by atoms with E-state index in [2.05, 4.69) is 5.32 Å². The Morgan fingerprint density at radius 2 is 1.82 bits per heavy atom. The van der Waals surface area contributed by atoms with Crippen LogP contribution in [-0.4, -0.2) is 18.8 Å². The Morgan fingerprint density at radius 1 is 1.18 bits per heavy atom. The van der Waals surface area contributed by atoms with Gasteiger partial charge >= 0.3 is 0 Å². The number of carbonyl (C=O) groups is 1. The van der Waals surface area contributed by atoms with Crippen LogP contribution in [0.3, 0.4) is 0 Å². The molecule has 0 aliphatic heterocycles. The molecule has 116 valence electrons. The number of halogens is 1. The van der Waals surface area contributed by atoms with Gasteiger partial charge in [-0.3, -0.25) is 4.79 Å². The van der Waals surface area contributed by atoms with Crippen molar-refractivity contribution in [3.05, 3.63) is 59.1 Å². The minimum Gasteiger partial charge on any atom is -0.497 e. The first kappa shape index (κ1) is 16.7. The minimum absolute atomic E-state index is 0.00303. The predicted molar refractivity (Wildman–Crippen MR) is 91.7 cm³/mol. The summed E-state index contributed by atoms with van der Waals surface area (Å²) < 4.78 is 5.13. The Morgan fingerprint density at radius 3 is 2.41 bits per heavy atom. The Kier molecular flexibility index (Phi) is 6.16. The Bertz CT molecular complexity index is 614. The molecule has 0 aromatic heterocycles. The predicted octanol–water partition coefficient (Wildman–Crippen LogP) is 4.32. The van der Waals surface area contributed by atoms with E-state index in [1.807, 2.05) is 55.5 Å². The third-order valence-electron chi connectivity index (χ3n) is 3.18. The molecule has 22 heavy (non-hydrogen) atoms. The van der Waals surface area contributed by atoms with E-state index >= 15 is 0 Å². The maximum Gasteiger partial charge on any atom is 0.230 e. The number of methoxy groups -OCH3 is 1. The first-order valence-corrected chi connectivity index (χ1v) is 8.26. The monoisotopic (exact) mass is 335 g/mol. The second kappa shape index (κ2) is 8.11. The summed E-state index contributed by atoms with van der Waals surface area (Å²) in [6.45, 7) is 1.96. The highest BCUT2D eigenvalue weighted by atomic mass is 35.5. The Hall–Kier alpha value is -1.65. The number of hydrogen-bond acceptors (Lipinski definition) is 3. The maximum absolute atomic E-state index is 12.0. The number of ether oxygens (including phenoxy) is 1. The molecule has 3 nitrogen and oxygen atoms in total. The van der Waals surface area contributed by atoms with Gasteiger partial charge in [0.05, 0.1) is 18.9 Å². The van der Waals surface area contributed by atoms with Gasteiger partial charge in [0.2, 0.25) is 5.91 Å². The fourth-order valence-electron chi connectivity index (χ4n) is 1.94. The summed E-state index contributed by atoms with van der Waals surface area (Å²) in [5.74, 6) is 1.19. The highest BCUT2D eigenvalue weighted by Crippen LogP contribution is 2.21. The summed E-state index contributed by atoms with van der Waals surface area (Å²) in [4.78, 5) is 13.0. The summed E-state index contributed by atoms with van der Waals surface area (Å²) in [7, 11) is 1.63. The lowest BCUT2D eigenvalue weighted by molar-refractivity contribution is -0.119. The van der Waals surface area contributed by atoms with E-state index in [9.17, 15) is 4.79 Å². The number of rotatable bonds is 6. The molecular weight excluding hydrogens is 318 g/mol. The topological polar surface area (TPSA) is 38.3 Å². The zero-order valence-electron chi connectivity index (χ0n) is 12.5. The lowest BCUT2D eigenvalue weighted by Gasteiger charge is -2.14. The van der Waals surface area contributed by atoms with Gasteiger partial charge in [-0.05, 0) is 48.9 Å². The van der Waals surface area contributed by atoms with Crippen LogP contribution in [0.25, 0.3) is 0 Å². The van der Waals surface area contributed by atoms with Crippen molar-refractivity contribution in [1.29, 1.82) is 0 Å². The molecule has 1 amide bonds. The SMILES string of the molecule is COc1ccc([C@@H](C)NC(=O)CSc2ccc(Cl)cc2)cc1. The smallest absolute Gasteiger partial charge is 0.230 e. The summed E-state index contributed by atoms with van der Waals surface area (Å²) in [6.07, 6.45) is 0. The number of hydrogen-bond donors (Lipinski definition) is 1. The van der Waals surface area contributed by atoms with E-state index in [0.29, 0.717) is 10.8 Å². The van der Waals surface area contributed by atoms with E-state index in [4.69, 9.17) is 16.3 Å². The summed E-state index contributed by atoms with van der Waals surface area (Å²) in [5.41, 5.74) is 1.05. The van der Waals surface area contributed by atoms with Crippen molar-refractivity contribution in [3.8, 4) is 5.75 Å². The number of amides is 1. The molecule has 2 aromatic rings. The van der Waals surface area contributed by atoms with Crippen LogP contribution in [0.2, 0.25) is 5.02 Å². The average molecular weight is 336 g/mol. The summed E-state index contributed by atoms with van der Waals surface area (Å²) in [5, 5.41) is 3.68. The van der Waals surface area contributed by atoms with Crippen molar-refractivity contribution in [2.24, 2.45) is 0 Å². The molecule has 0 saturated carbocycles. The van der Waals surface area contributed by atoms with E-state index in [0.717, 1.165) is 16.2 Å². The second-order valence-corrected chi connectivity index (χ2v) is 6.29. The van der Waals surface area contributed by atoms with Crippen LogP contribution in [0.1, 0.15) is 18.5 Å². The van der Waals surface area contributed by atoms with Crippen LogP contribution >= 0.6 is 23.4 Å². The molecule has 1 N–H and O–H groups in total. The van der Waals surface area contributed by atoms with E-state index in [1.54, 1.807) is 7.11 Å². The molecule has 2 aromatic carbocycles. The number of benzene rings is 2. The van der Waals surface area contributed by atoms with Gasteiger partial charge < -0.3 is 10.1 Å². The van der Waals surface area contributed by atoms with Gasteiger partial charge in [-0.2, -0.15) is 0 Å². The van der Waals surface area contributed by atoms with Gasteiger partial charge in [0, 0.05) is 9.92 Å². The normalized spacial score (nSPS) is 11.8. The van der Waals surface area contributed by atoms with Gasteiger partial charge in [0.1, 0.15) is 5.75 Å². The van der Waals surface area contributed by atoms with Crippen LogP contribution in [0.4, 0.5) is 0 Å². The zero-order valence-corrected chi connectivity index (χ0v) is 14.1. The molecule has 0 aliphatic rings. The highest BCUT2D eigenvalue weighted by Gasteiger charge is 2.10. The third kappa shape index (κ3) is 4.97. The number of nitrogens with one attached hydrogen (secondary N) is 1. The van der Waals surface area contributed by atoms with Crippen LogP contribution < -0.4 is 10.1 Å². The first-order valence-electron chi connectivity index (χ1n) is 6.90. The number of carbonyl (C=O) groups excluding carboxylic acids is 1. The standard InChI is InChI=1S/C17H18ClNO2S/c1-12(13-3-7-15(21-2)8-4-13)19-17(20)11-22-16-9-5-14(18)6-10-16/h3-10,12H,11H2,1-2H3,(H,19,20)/t12-/m1/s1. The molecule has 0 unspecified atom stereocenters. The molecule has 0 radical (unpaired) electrons. The largest absolute Gasteiger partial charge is 0.497 e. The molecule has 1 atom stereocenters. The van der Waals surface area contributed by atoms with Gasteiger partial charge in [-0.15, -0.1) is 11.8 Å². The maximum atomic E-state index is 12.0. The van der Waals surface area contributed by atoms with Crippen LogP contribution in [0.5, 0.6) is 5.75 Å². The van der Waals surface area contributed by atoms with Crippen LogP contribution in [-0.2, 0) is 4.79 Å². The van der Waals surface area contributed by atoms with Crippen molar-refractivity contribution in [1.82, 2.24) is 5.32 Å². The van der Waals surface area contributed by atoms with E-state index < -0.39 is 0 Å². The fourth-order valence-corrected chi connectivity index (χ4v) is 2.77. The van der Waals surface area contributed by atoms with Crippen molar-refractivity contribution in [3.63, 3.8) is 0 Å². The Balaban J connectivity index is 1.83. The summed E-state index contributed by atoms with van der Waals surface area (Å²) >= 11 is 7.32. The lowest BCUT2D eigenvalue weighted by Crippen LogP contribution is -2.28. The Labute approximate surface area is 140 Å². The van der Waals surface area contributed by atoms with Gasteiger partial charge in [-0.1, -0.05) is 23.7 Å². The minimum atomic E-state index is -0.0378. The average Bonchev–Trinajstić information content (AvgIpc) is 2.54. The molecule has 0 bridgehead atoms. The summed E-state index contributed by atoms with van der Waals surface area (Å²) in [6, 6.07) is 15.1. The third-order valence-corrected chi connectivity index (χ3v) is 4.44. The fraction of sp³-hybridized carbons (Fsp3) is 0.235. The second-order valence-electron chi connectivity index (χ2n) is 4.80. The van der Waals surface area contributed by atoms with Crippen molar-refractivity contribution >= 4 is 29.3 Å². The molecular formula is C17H18ClNO2S. The molecule has 2 rings (SSSR count). The van der Waals surface area contributed by atoms with E-state index in [-0.39, 0.29) is 11.9 Å². The molecule has 0 heterocycles.